The molecule has 0 amide bonds. The molecule has 0 bridgehead atoms. The predicted octanol–water partition coefficient (Wildman–Crippen LogP) is 2.20. The number of ether oxygens (including phenoxy) is 1. The van der Waals surface area contributed by atoms with Crippen molar-refractivity contribution in [2.24, 2.45) is 0 Å². The van der Waals surface area contributed by atoms with E-state index in [1.54, 1.807) is 13.2 Å². The van der Waals surface area contributed by atoms with Gasteiger partial charge in [-0.1, -0.05) is 18.1 Å². The van der Waals surface area contributed by atoms with E-state index in [0.717, 1.165) is 22.8 Å². The van der Waals surface area contributed by atoms with Gasteiger partial charge in [-0.25, -0.2) is 8.42 Å². The number of methoxy groups -OCH3 is 1. The first kappa shape index (κ1) is 12.5. The number of rotatable bonds is 1. The fourth-order valence-corrected chi connectivity index (χ4v) is 1.88. The second kappa shape index (κ2) is 4.71. The molecule has 0 fully saturated rings. The predicted molar refractivity (Wildman–Crippen MR) is 72.2 cm³/mol. The summed E-state index contributed by atoms with van der Waals surface area (Å²) in [5.74, 6) is 3.43. The van der Waals surface area contributed by atoms with Gasteiger partial charge in [0.15, 0.2) is 0 Å². The van der Waals surface area contributed by atoms with Crippen LogP contribution >= 0.6 is 0 Å². The van der Waals surface area contributed by atoms with E-state index in [4.69, 9.17) is 4.74 Å². The molecule has 92 valence electrons. The molecular formula is C14H12O3S. The third-order valence-electron chi connectivity index (χ3n) is 2.43. The molecule has 4 heteroatoms. The molecule has 3 nitrogen and oxygen atoms in total. The molecule has 0 aliphatic rings. The number of benzene rings is 2. The first-order valence-corrected chi connectivity index (χ1v) is 7.18. The lowest BCUT2D eigenvalue weighted by molar-refractivity contribution is 0.415. The van der Waals surface area contributed by atoms with Gasteiger partial charge in [-0.15, -0.1) is 0 Å². The zero-order chi connectivity index (χ0) is 13.2. The molecule has 2 aromatic rings. The van der Waals surface area contributed by atoms with E-state index >= 15 is 0 Å². The van der Waals surface area contributed by atoms with E-state index in [9.17, 15) is 8.42 Å². The molecular weight excluding hydrogens is 248 g/mol. The number of hydrogen-bond acceptors (Lipinski definition) is 3. The van der Waals surface area contributed by atoms with Crippen molar-refractivity contribution in [3.05, 3.63) is 42.0 Å². The van der Waals surface area contributed by atoms with Crippen molar-refractivity contribution >= 4 is 20.6 Å². The van der Waals surface area contributed by atoms with E-state index in [1.807, 2.05) is 30.3 Å². The number of hydrogen-bond donors (Lipinski definition) is 0. The molecule has 0 radical (unpaired) electrons. The molecule has 2 rings (SSSR count). The third-order valence-corrected chi connectivity index (χ3v) is 2.90. The average Bonchev–Trinajstić information content (AvgIpc) is 2.34. The van der Waals surface area contributed by atoms with Crippen LogP contribution < -0.4 is 4.74 Å². The minimum absolute atomic E-state index is 0.679. The first-order valence-electron chi connectivity index (χ1n) is 5.28. The van der Waals surface area contributed by atoms with E-state index in [-0.39, 0.29) is 0 Å². The molecule has 2 aromatic carbocycles. The maximum absolute atomic E-state index is 11.0. The lowest BCUT2D eigenvalue weighted by Gasteiger charge is -2.02. The van der Waals surface area contributed by atoms with Gasteiger partial charge in [-0.2, -0.15) is 0 Å². The van der Waals surface area contributed by atoms with Gasteiger partial charge in [0, 0.05) is 10.8 Å². The average molecular weight is 260 g/mol. The van der Waals surface area contributed by atoms with Crippen molar-refractivity contribution in [3.8, 4) is 16.9 Å². The van der Waals surface area contributed by atoms with Gasteiger partial charge in [0.1, 0.15) is 5.75 Å². The van der Waals surface area contributed by atoms with Crippen molar-refractivity contribution in [2.45, 2.75) is 0 Å². The quantitative estimate of drug-likeness (QED) is 0.738. The van der Waals surface area contributed by atoms with Crippen LogP contribution in [0.4, 0.5) is 0 Å². The molecule has 0 N–H and O–H groups in total. The van der Waals surface area contributed by atoms with Crippen molar-refractivity contribution in [1.29, 1.82) is 0 Å². The lowest BCUT2D eigenvalue weighted by atomic mass is 10.1. The van der Waals surface area contributed by atoms with Crippen LogP contribution in [0, 0.1) is 11.2 Å². The Bertz CT molecular complexity index is 749. The fourth-order valence-electron chi connectivity index (χ4n) is 1.58. The maximum atomic E-state index is 11.0. The van der Waals surface area contributed by atoms with Crippen LogP contribution in [0.1, 0.15) is 5.56 Å². The summed E-state index contributed by atoms with van der Waals surface area (Å²) in [6.07, 6.45) is 1.09. The van der Waals surface area contributed by atoms with Crippen LogP contribution in [0.2, 0.25) is 0 Å². The van der Waals surface area contributed by atoms with Gasteiger partial charge in [-0.3, -0.25) is 0 Å². The molecule has 0 saturated carbocycles. The Labute approximate surface area is 106 Å². The van der Waals surface area contributed by atoms with Crippen molar-refractivity contribution in [2.75, 3.05) is 13.4 Å². The molecule has 0 aliphatic heterocycles. The molecule has 0 spiro atoms. The molecule has 18 heavy (non-hydrogen) atoms. The molecule has 0 unspecified atom stereocenters. The molecule has 0 aliphatic carbocycles. The summed E-state index contributed by atoms with van der Waals surface area (Å²) in [6.45, 7) is 0. The highest BCUT2D eigenvalue weighted by molar-refractivity contribution is 7.95. The number of sulfone groups is 1. The summed E-state index contributed by atoms with van der Waals surface area (Å²) < 4.78 is 27.1. The van der Waals surface area contributed by atoms with Crippen LogP contribution in [0.3, 0.4) is 0 Å². The van der Waals surface area contributed by atoms with E-state index in [0.29, 0.717) is 5.56 Å². The van der Waals surface area contributed by atoms with Crippen LogP contribution in [-0.4, -0.2) is 21.8 Å². The maximum Gasteiger partial charge on any atom is 0.214 e. The monoisotopic (exact) mass is 260 g/mol. The summed E-state index contributed by atoms with van der Waals surface area (Å²) in [5.41, 5.74) is 0.679. The Morgan fingerprint density at radius 1 is 1.06 bits per heavy atom. The van der Waals surface area contributed by atoms with Gasteiger partial charge >= 0.3 is 0 Å². The standard InChI is InChI=1S/C14H12O3S/c1-17-14-6-5-12-9-11(3-4-13(12)10-14)7-8-18(2,15)16/h3-6,9-10H,1-2H3. The van der Waals surface area contributed by atoms with Crippen LogP contribution in [0.25, 0.3) is 10.8 Å². The summed E-state index contributed by atoms with van der Waals surface area (Å²) in [6, 6.07) is 11.2. The van der Waals surface area contributed by atoms with Gasteiger partial charge in [0.25, 0.3) is 0 Å². The highest BCUT2D eigenvalue weighted by Gasteiger charge is 1.98. The van der Waals surface area contributed by atoms with Crippen molar-refractivity contribution in [1.82, 2.24) is 0 Å². The van der Waals surface area contributed by atoms with Gasteiger partial charge in [0.05, 0.1) is 13.4 Å². The topological polar surface area (TPSA) is 43.4 Å². The zero-order valence-electron chi connectivity index (χ0n) is 10.1. The lowest BCUT2D eigenvalue weighted by Crippen LogP contribution is -1.89. The highest BCUT2D eigenvalue weighted by Crippen LogP contribution is 2.21. The highest BCUT2D eigenvalue weighted by atomic mass is 32.2. The minimum atomic E-state index is -3.27. The Morgan fingerprint density at radius 2 is 1.72 bits per heavy atom. The fraction of sp³-hybridized carbons (Fsp3) is 0.143. The van der Waals surface area contributed by atoms with E-state index in [2.05, 4.69) is 11.2 Å². The molecule has 0 atom stereocenters. The molecule has 0 saturated heterocycles. The van der Waals surface area contributed by atoms with Gasteiger partial charge in [-0.05, 0) is 35.0 Å². The van der Waals surface area contributed by atoms with Crippen LogP contribution in [-0.2, 0) is 9.84 Å². The Morgan fingerprint density at radius 3 is 2.39 bits per heavy atom. The first-order chi connectivity index (χ1) is 8.48. The Kier molecular flexibility index (Phi) is 3.26. The summed E-state index contributed by atoms with van der Waals surface area (Å²) >= 11 is 0. The zero-order valence-corrected chi connectivity index (χ0v) is 10.9. The van der Waals surface area contributed by atoms with Crippen molar-refractivity contribution < 1.29 is 13.2 Å². The SMILES string of the molecule is COc1ccc2cc(C#CS(C)(=O)=O)ccc2c1. The van der Waals surface area contributed by atoms with Gasteiger partial charge < -0.3 is 4.74 Å². The Hall–Kier alpha value is -1.99. The normalized spacial score (nSPS) is 10.8. The van der Waals surface area contributed by atoms with Crippen LogP contribution in [0.15, 0.2) is 36.4 Å². The van der Waals surface area contributed by atoms with Crippen molar-refractivity contribution in [3.63, 3.8) is 0 Å². The van der Waals surface area contributed by atoms with Gasteiger partial charge in [0.2, 0.25) is 9.84 Å². The summed E-state index contributed by atoms with van der Waals surface area (Å²) in [5, 5.41) is 4.25. The van der Waals surface area contributed by atoms with E-state index < -0.39 is 9.84 Å². The Balaban J connectivity index is 2.48. The van der Waals surface area contributed by atoms with E-state index in [1.165, 1.54) is 0 Å². The smallest absolute Gasteiger partial charge is 0.214 e. The third kappa shape index (κ3) is 3.02. The van der Waals surface area contributed by atoms with Crippen LogP contribution in [0.5, 0.6) is 5.75 Å². The number of fused-ring (bicyclic) bond motifs is 1. The second-order valence-electron chi connectivity index (χ2n) is 3.93. The molecule has 0 heterocycles. The second-order valence-corrected chi connectivity index (χ2v) is 5.68. The summed E-state index contributed by atoms with van der Waals surface area (Å²) in [4.78, 5) is 0. The summed E-state index contributed by atoms with van der Waals surface area (Å²) in [7, 11) is -1.65. The largest absolute Gasteiger partial charge is 0.497 e. The molecule has 0 aromatic heterocycles. The minimum Gasteiger partial charge on any atom is -0.497 e.